The van der Waals surface area contributed by atoms with Gasteiger partial charge in [0.2, 0.25) is 0 Å². The van der Waals surface area contributed by atoms with Gasteiger partial charge in [0.15, 0.2) is 0 Å². The van der Waals surface area contributed by atoms with E-state index in [1.807, 2.05) is 0 Å². The number of hydrogen-bond acceptors (Lipinski definition) is 4. The van der Waals surface area contributed by atoms with Gasteiger partial charge >= 0.3 is 0 Å². The van der Waals surface area contributed by atoms with E-state index in [1.165, 1.54) is 10.0 Å². The minimum absolute atomic E-state index is 0.302. The van der Waals surface area contributed by atoms with Crippen molar-refractivity contribution >= 4 is 11.3 Å². The van der Waals surface area contributed by atoms with Crippen molar-refractivity contribution in [2.45, 2.75) is 59.9 Å². The lowest BCUT2D eigenvalue weighted by Crippen LogP contribution is -2.23. The van der Waals surface area contributed by atoms with Gasteiger partial charge in [0.05, 0.1) is 0 Å². The zero-order chi connectivity index (χ0) is 12.9. The molecular formula is C13H25N3S. The summed E-state index contributed by atoms with van der Waals surface area (Å²) < 4.78 is 0. The second-order valence-electron chi connectivity index (χ2n) is 6.04. The highest BCUT2D eigenvalue weighted by Gasteiger charge is 2.14. The van der Waals surface area contributed by atoms with Crippen molar-refractivity contribution in [2.24, 2.45) is 5.41 Å². The number of nitrogens with zero attached hydrogens (tertiary/aromatic N) is 2. The Morgan fingerprint density at radius 3 is 2.41 bits per heavy atom. The first-order valence-electron chi connectivity index (χ1n) is 6.41. The zero-order valence-electron chi connectivity index (χ0n) is 11.7. The van der Waals surface area contributed by atoms with Crippen molar-refractivity contribution in [3.63, 3.8) is 0 Å². The van der Waals surface area contributed by atoms with Crippen molar-refractivity contribution in [1.29, 1.82) is 0 Å². The number of nitrogens with one attached hydrogen (secondary N) is 1. The molecule has 3 nitrogen and oxygen atoms in total. The molecule has 0 saturated carbocycles. The molecule has 0 unspecified atom stereocenters. The van der Waals surface area contributed by atoms with E-state index in [0.29, 0.717) is 11.5 Å². The molecule has 0 spiro atoms. The van der Waals surface area contributed by atoms with E-state index in [-0.39, 0.29) is 0 Å². The molecule has 1 aromatic heterocycles. The first-order chi connectivity index (χ1) is 7.87. The van der Waals surface area contributed by atoms with E-state index >= 15 is 0 Å². The fraction of sp³-hybridized carbons (Fsp3) is 0.846. The summed E-state index contributed by atoms with van der Waals surface area (Å²) in [6.07, 6.45) is 3.21. The molecule has 0 amide bonds. The van der Waals surface area contributed by atoms with Crippen LogP contribution in [0.25, 0.3) is 0 Å². The molecule has 1 rings (SSSR count). The first kappa shape index (κ1) is 14.6. The highest BCUT2D eigenvalue weighted by atomic mass is 32.1. The van der Waals surface area contributed by atoms with Crippen LogP contribution in [-0.4, -0.2) is 22.8 Å². The molecule has 0 aliphatic rings. The van der Waals surface area contributed by atoms with Gasteiger partial charge in [-0.1, -0.05) is 34.6 Å². The normalized spacial score (nSPS) is 12.4. The van der Waals surface area contributed by atoms with Crippen molar-refractivity contribution in [2.75, 3.05) is 6.54 Å². The molecule has 0 aliphatic heterocycles. The van der Waals surface area contributed by atoms with Crippen LogP contribution in [0, 0.1) is 5.41 Å². The molecule has 0 saturated heterocycles. The molecule has 98 valence electrons. The molecule has 0 aliphatic carbocycles. The van der Waals surface area contributed by atoms with E-state index in [0.717, 1.165) is 25.8 Å². The van der Waals surface area contributed by atoms with Crippen LogP contribution in [0.2, 0.25) is 0 Å². The maximum Gasteiger partial charge on any atom is 0.117 e. The van der Waals surface area contributed by atoms with Crippen molar-refractivity contribution < 1.29 is 0 Å². The quantitative estimate of drug-likeness (QED) is 0.794. The number of aryl methyl sites for hydroxylation is 1. The number of rotatable bonds is 6. The fourth-order valence-electron chi connectivity index (χ4n) is 1.54. The minimum atomic E-state index is 0.302. The van der Waals surface area contributed by atoms with E-state index in [1.54, 1.807) is 11.3 Å². The summed E-state index contributed by atoms with van der Waals surface area (Å²) in [6, 6.07) is 0.570. The predicted octanol–water partition coefficient (Wildman–Crippen LogP) is 3.06. The highest BCUT2D eigenvalue weighted by molar-refractivity contribution is 7.11. The van der Waals surface area contributed by atoms with Gasteiger partial charge in [-0.3, -0.25) is 0 Å². The Morgan fingerprint density at radius 1 is 1.18 bits per heavy atom. The van der Waals surface area contributed by atoms with Crippen molar-refractivity contribution in [3.8, 4) is 0 Å². The summed E-state index contributed by atoms with van der Waals surface area (Å²) in [4.78, 5) is 0. The third-order valence-corrected chi connectivity index (χ3v) is 3.29. The Labute approximate surface area is 109 Å². The minimum Gasteiger partial charge on any atom is -0.315 e. The van der Waals surface area contributed by atoms with Gasteiger partial charge in [0.1, 0.15) is 10.0 Å². The van der Waals surface area contributed by atoms with Crippen LogP contribution in [0.15, 0.2) is 0 Å². The van der Waals surface area contributed by atoms with E-state index in [4.69, 9.17) is 0 Å². The van der Waals surface area contributed by atoms with Crippen LogP contribution >= 0.6 is 11.3 Å². The summed E-state index contributed by atoms with van der Waals surface area (Å²) in [5.74, 6) is 0. The van der Waals surface area contributed by atoms with Crippen LogP contribution in [0.3, 0.4) is 0 Å². The molecule has 0 bridgehead atoms. The Kier molecular flexibility index (Phi) is 5.53. The molecule has 0 aromatic carbocycles. The lowest BCUT2D eigenvalue weighted by molar-refractivity contribution is 0.409. The maximum absolute atomic E-state index is 4.26. The highest BCUT2D eigenvalue weighted by Crippen LogP contribution is 2.23. The summed E-state index contributed by atoms with van der Waals surface area (Å²) in [5.41, 5.74) is 0.302. The molecule has 1 aromatic rings. The van der Waals surface area contributed by atoms with Gasteiger partial charge in [-0.15, -0.1) is 21.5 Å². The summed E-state index contributed by atoms with van der Waals surface area (Å²) in [7, 11) is 0. The second kappa shape index (κ2) is 6.45. The molecule has 0 fully saturated rings. The smallest absolute Gasteiger partial charge is 0.117 e. The SMILES string of the molecule is CC(C)NCCCc1nnc(CC(C)(C)C)s1. The summed E-state index contributed by atoms with van der Waals surface area (Å²) in [5, 5.41) is 14.3. The topological polar surface area (TPSA) is 37.8 Å². The number of aromatic nitrogens is 2. The lowest BCUT2D eigenvalue weighted by Gasteiger charge is -2.14. The van der Waals surface area contributed by atoms with Gasteiger partial charge in [-0.2, -0.15) is 0 Å². The first-order valence-corrected chi connectivity index (χ1v) is 7.23. The summed E-state index contributed by atoms with van der Waals surface area (Å²) >= 11 is 1.77. The van der Waals surface area contributed by atoms with Crippen LogP contribution < -0.4 is 5.32 Å². The van der Waals surface area contributed by atoms with Gasteiger partial charge < -0.3 is 5.32 Å². The monoisotopic (exact) mass is 255 g/mol. The predicted molar refractivity (Wildman–Crippen MR) is 74.5 cm³/mol. The Balaban J connectivity index is 2.31. The Bertz CT molecular complexity index is 326. The molecule has 1 N–H and O–H groups in total. The average Bonchev–Trinajstić information content (AvgIpc) is 2.57. The number of hydrogen-bond donors (Lipinski definition) is 1. The van der Waals surface area contributed by atoms with E-state index in [9.17, 15) is 0 Å². The average molecular weight is 255 g/mol. The van der Waals surface area contributed by atoms with Crippen LogP contribution in [-0.2, 0) is 12.8 Å². The fourth-order valence-corrected chi connectivity index (χ4v) is 2.73. The van der Waals surface area contributed by atoms with Gasteiger partial charge in [-0.05, 0) is 18.4 Å². The summed E-state index contributed by atoms with van der Waals surface area (Å²) in [6.45, 7) is 12.1. The van der Waals surface area contributed by atoms with Gasteiger partial charge in [-0.25, -0.2) is 0 Å². The molecule has 0 radical (unpaired) electrons. The van der Waals surface area contributed by atoms with E-state index < -0.39 is 0 Å². The van der Waals surface area contributed by atoms with Crippen LogP contribution in [0.4, 0.5) is 0 Å². The van der Waals surface area contributed by atoms with Gasteiger partial charge in [0, 0.05) is 18.9 Å². The lowest BCUT2D eigenvalue weighted by atomic mass is 9.93. The molecule has 0 atom stereocenters. The van der Waals surface area contributed by atoms with E-state index in [2.05, 4.69) is 50.1 Å². The third kappa shape index (κ3) is 6.74. The van der Waals surface area contributed by atoms with Crippen LogP contribution in [0.5, 0.6) is 0 Å². The van der Waals surface area contributed by atoms with Crippen molar-refractivity contribution in [1.82, 2.24) is 15.5 Å². The largest absolute Gasteiger partial charge is 0.315 e. The Morgan fingerprint density at radius 2 is 1.82 bits per heavy atom. The maximum atomic E-state index is 4.26. The van der Waals surface area contributed by atoms with Crippen molar-refractivity contribution in [3.05, 3.63) is 10.0 Å². The van der Waals surface area contributed by atoms with Gasteiger partial charge in [0.25, 0.3) is 0 Å². The molecule has 1 heterocycles. The van der Waals surface area contributed by atoms with Crippen LogP contribution in [0.1, 0.15) is 51.1 Å². The molecule has 17 heavy (non-hydrogen) atoms. The molecular weight excluding hydrogens is 230 g/mol. The molecule has 4 heteroatoms. The zero-order valence-corrected chi connectivity index (χ0v) is 12.5. The standard InChI is InChI=1S/C13H25N3S/c1-10(2)14-8-6-7-11-15-16-12(17-11)9-13(3,4)5/h10,14H,6-9H2,1-5H3. The third-order valence-electron chi connectivity index (χ3n) is 2.31. The second-order valence-corrected chi connectivity index (χ2v) is 7.19. The Hall–Kier alpha value is -0.480.